The fourth-order valence-corrected chi connectivity index (χ4v) is 9.56. The van der Waals surface area contributed by atoms with Crippen LogP contribution in [0.25, 0.3) is 99.1 Å². The lowest BCUT2D eigenvalue weighted by Crippen LogP contribution is -2.09. The molecule has 12 rings (SSSR count). The maximum absolute atomic E-state index is 6.72. The molecule has 0 spiro atoms. The van der Waals surface area contributed by atoms with E-state index in [2.05, 4.69) is 254 Å². The minimum Gasteiger partial charge on any atom is -0.455 e. The van der Waals surface area contributed by atoms with Crippen LogP contribution in [-0.4, -0.2) is 0 Å². The van der Waals surface area contributed by atoms with Crippen molar-refractivity contribution >= 4 is 60.5 Å². The van der Waals surface area contributed by atoms with Gasteiger partial charge in [0.1, 0.15) is 11.2 Å². The van der Waals surface area contributed by atoms with Gasteiger partial charge in [0.25, 0.3) is 0 Å². The Morgan fingerprint density at radius 1 is 0.266 bits per heavy atom. The van der Waals surface area contributed by atoms with Crippen LogP contribution in [-0.2, 0) is 0 Å². The third kappa shape index (κ3) is 6.61. The van der Waals surface area contributed by atoms with Crippen molar-refractivity contribution < 1.29 is 4.42 Å². The number of nitrogens with zero attached hydrogens (tertiary/aromatic N) is 1. The second-order valence-corrected chi connectivity index (χ2v) is 16.4. The third-order valence-corrected chi connectivity index (χ3v) is 12.7. The lowest BCUT2D eigenvalue weighted by atomic mass is 9.91. The van der Waals surface area contributed by atoms with Gasteiger partial charge >= 0.3 is 0 Å². The lowest BCUT2D eigenvalue weighted by Gasteiger charge is -2.26. The molecule has 64 heavy (non-hydrogen) atoms. The molecule has 2 nitrogen and oxygen atoms in total. The van der Waals surface area contributed by atoms with Crippen LogP contribution < -0.4 is 4.90 Å². The predicted octanol–water partition coefficient (Wildman–Crippen LogP) is 17.7. The molecule has 0 aliphatic heterocycles. The monoisotopic (exact) mass is 815 g/mol. The van der Waals surface area contributed by atoms with Crippen LogP contribution in [0.3, 0.4) is 0 Å². The Morgan fingerprint density at radius 3 is 1.34 bits per heavy atom. The second-order valence-electron chi connectivity index (χ2n) is 16.4. The molecule has 0 unspecified atom stereocenters. The van der Waals surface area contributed by atoms with Crippen LogP contribution >= 0.6 is 0 Å². The fourth-order valence-electron chi connectivity index (χ4n) is 9.56. The quantitative estimate of drug-likeness (QED) is 0.152. The van der Waals surface area contributed by atoms with E-state index in [4.69, 9.17) is 4.42 Å². The van der Waals surface area contributed by atoms with Gasteiger partial charge in [-0.1, -0.05) is 200 Å². The highest BCUT2D eigenvalue weighted by Gasteiger charge is 2.18. The number of fused-ring (bicyclic) bond motifs is 6. The zero-order valence-electron chi connectivity index (χ0n) is 35.0. The molecule has 0 N–H and O–H groups in total. The molecule has 0 bridgehead atoms. The molecule has 0 atom stereocenters. The zero-order valence-corrected chi connectivity index (χ0v) is 35.0. The molecule has 0 aliphatic carbocycles. The number of hydrogen-bond acceptors (Lipinski definition) is 2. The molecule has 0 aliphatic rings. The summed E-state index contributed by atoms with van der Waals surface area (Å²) in [5.41, 5.74) is 17.0. The van der Waals surface area contributed by atoms with Crippen molar-refractivity contribution in [1.82, 2.24) is 0 Å². The zero-order chi connectivity index (χ0) is 42.4. The molecule has 1 aromatic heterocycles. The van der Waals surface area contributed by atoms with Crippen molar-refractivity contribution in [2.75, 3.05) is 4.90 Å². The van der Waals surface area contributed by atoms with E-state index < -0.39 is 0 Å². The van der Waals surface area contributed by atoms with E-state index in [1.54, 1.807) is 0 Å². The highest BCUT2D eigenvalue weighted by molar-refractivity contribution is 6.15. The van der Waals surface area contributed by atoms with Gasteiger partial charge < -0.3 is 9.32 Å². The Kier molecular flexibility index (Phi) is 9.20. The number of benzene rings is 11. The Labute approximate surface area is 372 Å². The molecule has 1 heterocycles. The first-order valence-electron chi connectivity index (χ1n) is 21.9. The normalized spacial score (nSPS) is 11.4. The Morgan fingerprint density at radius 2 is 0.703 bits per heavy atom. The number of rotatable bonds is 8. The number of anilines is 3. The molecule has 11 aromatic carbocycles. The molecule has 2 heteroatoms. The predicted molar refractivity (Wildman–Crippen MR) is 271 cm³/mol. The summed E-state index contributed by atoms with van der Waals surface area (Å²) in [4.78, 5) is 2.33. The van der Waals surface area contributed by atoms with Gasteiger partial charge in [0.2, 0.25) is 0 Å². The molecule has 0 radical (unpaired) electrons. The van der Waals surface area contributed by atoms with Crippen molar-refractivity contribution in [3.05, 3.63) is 249 Å². The summed E-state index contributed by atoms with van der Waals surface area (Å²) in [5, 5.41) is 7.01. The summed E-state index contributed by atoms with van der Waals surface area (Å²) in [6, 6.07) is 89.5. The van der Waals surface area contributed by atoms with E-state index >= 15 is 0 Å². The maximum atomic E-state index is 6.72. The number of furan rings is 1. The highest BCUT2D eigenvalue weighted by Crippen LogP contribution is 2.43. The minimum atomic E-state index is 0.861. The first-order valence-corrected chi connectivity index (χ1v) is 21.9. The lowest BCUT2D eigenvalue weighted by molar-refractivity contribution is 0.672. The van der Waals surface area contributed by atoms with Gasteiger partial charge in [-0.05, 0) is 114 Å². The average Bonchev–Trinajstić information content (AvgIpc) is 3.76. The second kappa shape index (κ2) is 15.8. The molecule has 12 aromatic rings. The Balaban J connectivity index is 0.936. The van der Waals surface area contributed by atoms with Gasteiger partial charge in [-0.2, -0.15) is 0 Å². The van der Waals surface area contributed by atoms with Gasteiger partial charge in [0.15, 0.2) is 0 Å². The highest BCUT2D eigenvalue weighted by atomic mass is 16.3. The van der Waals surface area contributed by atoms with Gasteiger partial charge in [0.05, 0.1) is 0 Å². The third-order valence-electron chi connectivity index (χ3n) is 12.7. The topological polar surface area (TPSA) is 16.4 Å². The van der Waals surface area contributed by atoms with Crippen LogP contribution in [0.1, 0.15) is 0 Å². The summed E-state index contributed by atoms with van der Waals surface area (Å²) in [5.74, 6) is 0. The summed E-state index contributed by atoms with van der Waals surface area (Å²) in [6.07, 6.45) is 0. The minimum absolute atomic E-state index is 0.861. The van der Waals surface area contributed by atoms with Crippen molar-refractivity contribution in [2.45, 2.75) is 0 Å². The van der Waals surface area contributed by atoms with Crippen LogP contribution in [0.2, 0.25) is 0 Å². The Bertz CT molecular complexity index is 3620. The molecule has 0 fully saturated rings. The summed E-state index contributed by atoms with van der Waals surface area (Å²) in [6.45, 7) is 0. The van der Waals surface area contributed by atoms with E-state index in [1.807, 2.05) is 0 Å². The van der Waals surface area contributed by atoms with Crippen LogP contribution in [0.4, 0.5) is 17.1 Å². The first kappa shape index (κ1) is 37.3. The van der Waals surface area contributed by atoms with E-state index in [-0.39, 0.29) is 0 Å². The van der Waals surface area contributed by atoms with Crippen LogP contribution in [0.5, 0.6) is 0 Å². The SMILES string of the molecule is c1ccc(-c2ccccc2-c2ccc(-c3ccc(N(c4ccc(-c5cccc6cccc(-c7ccccc7)c56)cc4)c4ccc5c(c4)oc4c6ccccc6ccc54)cc3)cc2)cc1. The molecular weight excluding hydrogens is 775 g/mol. The first-order chi connectivity index (χ1) is 31.7. The van der Waals surface area contributed by atoms with E-state index in [0.717, 1.165) is 50.0 Å². The largest absolute Gasteiger partial charge is 0.455 e. The van der Waals surface area contributed by atoms with Crippen LogP contribution in [0.15, 0.2) is 253 Å². The molecule has 300 valence electrons. The summed E-state index contributed by atoms with van der Waals surface area (Å²) >= 11 is 0. The molecule has 0 saturated carbocycles. The van der Waals surface area contributed by atoms with Gasteiger partial charge in [-0.15, -0.1) is 0 Å². The van der Waals surface area contributed by atoms with Crippen molar-refractivity contribution in [2.24, 2.45) is 0 Å². The van der Waals surface area contributed by atoms with E-state index in [9.17, 15) is 0 Å². The van der Waals surface area contributed by atoms with E-state index in [0.29, 0.717) is 0 Å². The van der Waals surface area contributed by atoms with Crippen molar-refractivity contribution in [3.63, 3.8) is 0 Å². The molecular formula is C62H41NO. The fraction of sp³-hybridized carbons (Fsp3) is 0. The standard InChI is InChI=1S/C62H41NO/c1-3-13-44(14-4-1)53-20-9-10-21-54(53)47-27-25-42(26-28-47)43-29-34-50(35-30-43)63(52-38-40-58-59-39-33-46-17-7-8-22-57(46)62(59)64-60(58)41-52)51-36-31-48(32-37-51)56-24-12-19-49-18-11-23-55(61(49)56)45-15-5-2-6-16-45/h1-41H. The van der Waals surface area contributed by atoms with E-state index in [1.165, 1.54) is 66.2 Å². The molecule has 0 saturated heterocycles. The summed E-state index contributed by atoms with van der Waals surface area (Å²) < 4.78 is 6.72. The smallest absolute Gasteiger partial charge is 0.143 e. The average molecular weight is 816 g/mol. The van der Waals surface area contributed by atoms with Crippen molar-refractivity contribution in [1.29, 1.82) is 0 Å². The van der Waals surface area contributed by atoms with Gasteiger partial charge in [0, 0.05) is 39.3 Å². The maximum Gasteiger partial charge on any atom is 0.143 e. The molecule has 0 amide bonds. The van der Waals surface area contributed by atoms with Gasteiger partial charge in [-0.3, -0.25) is 0 Å². The van der Waals surface area contributed by atoms with Crippen molar-refractivity contribution in [3.8, 4) is 55.6 Å². The van der Waals surface area contributed by atoms with Gasteiger partial charge in [-0.25, -0.2) is 0 Å². The Hall–Kier alpha value is -8.46. The van der Waals surface area contributed by atoms with Crippen LogP contribution in [0, 0.1) is 0 Å². The number of hydrogen-bond donors (Lipinski definition) is 0. The summed E-state index contributed by atoms with van der Waals surface area (Å²) in [7, 11) is 0.